The first kappa shape index (κ1) is 17.8. The van der Waals surface area contributed by atoms with Crippen molar-refractivity contribution in [3.8, 4) is 0 Å². The van der Waals surface area contributed by atoms with Gasteiger partial charge in [0, 0.05) is 17.5 Å². The minimum absolute atomic E-state index is 0.269. The standard InChI is InChI=1S/C17H17F3N2O2/c1-4-24-16(23)15-10(2)14(11(3)22-15)9-21-13-7-5-12(6-8-13)17(18,19)20/h5-9,22H,4H2,1-3H3. The lowest BCUT2D eigenvalue weighted by Crippen LogP contribution is -2.06. The van der Waals surface area contributed by atoms with E-state index in [1.165, 1.54) is 18.3 Å². The molecule has 0 saturated heterocycles. The molecule has 0 aliphatic carbocycles. The molecule has 24 heavy (non-hydrogen) atoms. The number of hydrogen-bond donors (Lipinski definition) is 1. The van der Waals surface area contributed by atoms with Gasteiger partial charge in [-0.25, -0.2) is 4.79 Å². The third-order valence-electron chi connectivity index (χ3n) is 3.51. The highest BCUT2D eigenvalue weighted by atomic mass is 19.4. The van der Waals surface area contributed by atoms with Crippen molar-refractivity contribution < 1.29 is 22.7 Å². The number of hydrogen-bond acceptors (Lipinski definition) is 3. The molecule has 0 amide bonds. The number of benzene rings is 1. The summed E-state index contributed by atoms with van der Waals surface area (Å²) in [5.41, 5.74) is 2.13. The maximum Gasteiger partial charge on any atom is 0.416 e. The number of carbonyl (C=O) groups is 1. The molecule has 0 radical (unpaired) electrons. The first-order valence-electron chi connectivity index (χ1n) is 7.31. The monoisotopic (exact) mass is 338 g/mol. The van der Waals surface area contributed by atoms with E-state index in [0.717, 1.165) is 17.8 Å². The highest BCUT2D eigenvalue weighted by Gasteiger charge is 2.29. The maximum absolute atomic E-state index is 12.5. The van der Waals surface area contributed by atoms with Crippen molar-refractivity contribution in [2.45, 2.75) is 26.9 Å². The van der Waals surface area contributed by atoms with Crippen molar-refractivity contribution in [2.75, 3.05) is 6.61 Å². The van der Waals surface area contributed by atoms with E-state index in [9.17, 15) is 18.0 Å². The molecule has 0 aliphatic heterocycles. The second-order valence-electron chi connectivity index (χ2n) is 5.19. The summed E-state index contributed by atoms with van der Waals surface area (Å²) in [6, 6.07) is 4.55. The lowest BCUT2D eigenvalue weighted by Gasteiger charge is -2.05. The summed E-state index contributed by atoms with van der Waals surface area (Å²) in [6.45, 7) is 5.52. The fourth-order valence-electron chi connectivity index (χ4n) is 2.24. The number of carbonyl (C=O) groups excluding carboxylic acids is 1. The molecular formula is C17H17F3N2O2. The molecule has 0 saturated carbocycles. The van der Waals surface area contributed by atoms with Crippen LogP contribution in [0.1, 0.15) is 39.8 Å². The first-order valence-corrected chi connectivity index (χ1v) is 7.31. The predicted molar refractivity (Wildman–Crippen MR) is 84.9 cm³/mol. The van der Waals surface area contributed by atoms with E-state index in [2.05, 4.69) is 9.98 Å². The largest absolute Gasteiger partial charge is 0.461 e. The van der Waals surface area contributed by atoms with Crippen LogP contribution in [0.5, 0.6) is 0 Å². The minimum Gasteiger partial charge on any atom is -0.461 e. The molecule has 0 atom stereocenters. The van der Waals surface area contributed by atoms with Crippen LogP contribution in [0, 0.1) is 13.8 Å². The molecule has 1 aromatic heterocycles. The Morgan fingerprint density at radius 2 is 1.88 bits per heavy atom. The summed E-state index contributed by atoms with van der Waals surface area (Å²) >= 11 is 0. The van der Waals surface area contributed by atoms with E-state index in [4.69, 9.17) is 4.74 Å². The molecule has 4 nitrogen and oxygen atoms in total. The van der Waals surface area contributed by atoms with Gasteiger partial charge in [-0.1, -0.05) is 0 Å². The first-order chi connectivity index (χ1) is 11.2. The summed E-state index contributed by atoms with van der Waals surface area (Å²) in [6.07, 6.45) is -2.85. The smallest absolute Gasteiger partial charge is 0.416 e. The Kier molecular flexibility index (Phi) is 5.11. The van der Waals surface area contributed by atoms with Crippen molar-refractivity contribution in [1.29, 1.82) is 0 Å². The van der Waals surface area contributed by atoms with E-state index in [-0.39, 0.29) is 6.61 Å². The molecule has 2 rings (SSSR count). The average molecular weight is 338 g/mol. The second kappa shape index (κ2) is 6.90. The molecule has 0 bridgehead atoms. The van der Waals surface area contributed by atoms with Gasteiger partial charge in [-0.3, -0.25) is 4.99 Å². The number of aryl methyl sites for hydroxylation is 1. The van der Waals surface area contributed by atoms with Gasteiger partial charge in [0.05, 0.1) is 17.9 Å². The zero-order valence-electron chi connectivity index (χ0n) is 13.5. The van der Waals surface area contributed by atoms with Gasteiger partial charge in [0.15, 0.2) is 0 Å². The number of rotatable bonds is 4. The van der Waals surface area contributed by atoms with Crippen LogP contribution < -0.4 is 0 Å². The Bertz CT molecular complexity index is 759. The van der Waals surface area contributed by atoms with Gasteiger partial charge in [-0.15, -0.1) is 0 Å². The fraction of sp³-hybridized carbons (Fsp3) is 0.294. The van der Waals surface area contributed by atoms with Gasteiger partial charge < -0.3 is 9.72 Å². The SMILES string of the molecule is CCOC(=O)c1[nH]c(C)c(C=Nc2ccc(C(F)(F)F)cc2)c1C. The Morgan fingerprint density at radius 3 is 2.42 bits per heavy atom. The Labute approximate surface area is 137 Å². The molecule has 1 aromatic carbocycles. The molecular weight excluding hydrogens is 321 g/mol. The van der Waals surface area contributed by atoms with Crippen LogP contribution in [0.4, 0.5) is 18.9 Å². The van der Waals surface area contributed by atoms with Gasteiger partial charge in [0.2, 0.25) is 0 Å². The van der Waals surface area contributed by atoms with Crippen molar-refractivity contribution in [2.24, 2.45) is 4.99 Å². The van der Waals surface area contributed by atoms with Crippen molar-refractivity contribution in [3.05, 3.63) is 52.3 Å². The molecule has 2 aromatic rings. The number of nitrogens with one attached hydrogen (secondary N) is 1. The van der Waals surface area contributed by atoms with E-state index in [1.54, 1.807) is 20.8 Å². The molecule has 0 unspecified atom stereocenters. The third-order valence-corrected chi connectivity index (χ3v) is 3.51. The zero-order valence-corrected chi connectivity index (χ0v) is 13.5. The average Bonchev–Trinajstić information content (AvgIpc) is 2.80. The normalized spacial score (nSPS) is 11.9. The van der Waals surface area contributed by atoms with Crippen molar-refractivity contribution in [3.63, 3.8) is 0 Å². The number of alkyl halides is 3. The maximum atomic E-state index is 12.5. The number of aromatic nitrogens is 1. The Balaban J connectivity index is 2.25. The quantitative estimate of drug-likeness (QED) is 0.655. The summed E-state index contributed by atoms with van der Waals surface area (Å²) < 4.78 is 42.6. The van der Waals surface area contributed by atoms with Crippen LogP contribution in [-0.4, -0.2) is 23.8 Å². The van der Waals surface area contributed by atoms with E-state index in [0.29, 0.717) is 22.5 Å². The van der Waals surface area contributed by atoms with Gasteiger partial charge >= 0.3 is 12.1 Å². The number of halogens is 3. The lowest BCUT2D eigenvalue weighted by atomic mass is 10.1. The Morgan fingerprint density at radius 1 is 1.25 bits per heavy atom. The molecule has 7 heteroatoms. The number of aromatic amines is 1. The molecule has 128 valence electrons. The predicted octanol–water partition coefficient (Wildman–Crippen LogP) is 4.58. The van der Waals surface area contributed by atoms with E-state index in [1.807, 2.05) is 0 Å². The molecule has 0 fully saturated rings. The number of esters is 1. The van der Waals surface area contributed by atoms with E-state index < -0.39 is 17.7 Å². The molecule has 0 aliphatic rings. The van der Waals surface area contributed by atoms with Crippen molar-refractivity contribution in [1.82, 2.24) is 4.98 Å². The zero-order chi connectivity index (χ0) is 17.9. The van der Waals surface area contributed by atoms with Crippen LogP contribution in [0.15, 0.2) is 29.3 Å². The highest BCUT2D eigenvalue weighted by Crippen LogP contribution is 2.30. The van der Waals surface area contributed by atoms with Crippen LogP contribution >= 0.6 is 0 Å². The molecule has 0 spiro atoms. The molecule has 1 N–H and O–H groups in total. The number of ether oxygens (including phenoxy) is 1. The molecule has 1 heterocycles. The van der Waals surface area contributed by atoms with Gasteiger partial charge in [-0.05, 0) is 50.6 Å². The van der Waals surface area contributed by atoms with Crippen LogP contribution in [0.2, 0.25) is 0 Å². The van der Waals surface area contributed by atoms with Gasteiger partial charge in [0.1, 0.15) is 5.69 Å². The summed E-state index contributed by atoms with van der Waals surface area (Å²) in [5.74, 6) is -0.452. The summed E-state index contributed by atoms with van der Waals surface area (Å²) in [4.78, 5) is 19.0. The highest BCUT2D eigenvalue weighted by molar-refractivity contribution is 5.95. The minimum atomic E-state index is -4.37. The lowest BCUT2D eigenvalue weighted by molar-refractivity contribution is -0.137. The number of nitrogens with zero attached hydrogens (tertiary/aromatic N) is 1. The van der Waals surface area contributed by atoms with Gasteiger partial charge in [0.25, 0.3) is 0 Å². The second-order valence-corrected chi connectivity index (χ2v) is 5.19. The topological polar surface area (TPSA) is 54.5 Å². The van der Waals surface area contributed by atoms with Crippen LogP contribution in [0.3, 0.4) is 0 Å². The summed E-state index contributed by atoms with van der Waals surface area (Å²) in [5, 5.41) is 0. The fourth-order valence-corrected chi connectivity index (χ4v) is 2.24. The van der Waals surface area contributed by atoms with Crippen molar-refractivity contribution >= 4 is 17.9 Å². The van der Waals surface area contributed by atoms with Gasteiger partial charge in [-0.2, -0.15) is 13.2 Å². The Hall–Kier alpha value is -2.57. The number of aliphatic imine (C=N–C) groups is 1. The van der Waals surface area contributed by atoms with Crippen LogP contribution in [0.25, 0.3) is 0 Å². The van der Waals surface area contributed by atoms with Crippen LogP contribution in [-0.2, 0) is 10.9 Å². The third kappa shape index (κ3) is 3.84. The number of H-pyrrole nitrogens is 1. The van der Waals surface area contributed by atoms with E-state index >= 15 is 0 Å². The summed E-state index contributed by atoms with van der Waals surface area (Å²) in [7, 11) is 0.